The lowest BCUT2D eigenvalue weighted by atomic mass is 10.1. The lowest BCUT2D eigenvalue weighted by Crippen LogP contribution is -2.37. The average Bonchev–Trinajstić information content (AvgIpc) is 3.35. The Morgan fingerprint density at radius 1 is 1.07 bits per heavy atom. The van der Waals surface area contributed by atoms with Gasteiger partial charge >= 0.3 is 0 Å². The maximum Gasteiger partial charge on any atom is 0.278 e. The van der Waals surface area contributed by atoms with E-state index in [1.165, 1.54) is 5.19 Å². The zero-order valence-corrected chi connectivity index (χ0v) is 18.6. The molecule has 7 heteroatoms. The van der Waals surface area contributed by atoms with E-state index in [1.807, 2.05) is 48.0 Å². The van der Waals surface area contributed by atoms with Crippen LogP contribution in [0.3, 0.4) is 0 Å². The minimum atomic E-state index is -1.34. The van der Waals surface area contributed by atoms with Crippen molar-refractivity contribution in [3.63, 3.8) is 0 Å². The normalized spacial score (nSPS) is 11.6. The number of benzene rings is 2. The van der Waals surface area contributed by atoms with Gasteiger partial charge in [-0.2, -0.15) is 10.1 Å². The molecule has 2 aromatic carbocycles. The highest BCUT2D eigenvalue weighted by atomic mass is 28.3. The molecule has 0 unspecified atom stereocenters. The van der Waals surface area contributed by atoms with Crippen molar-refractivity contribution in [2.45, 2.75) is 33.1 Å². The zero-order chi connectivity index (χ0) is 21.3. The number of hydrogen-bond donors (Lipinski definition) is 0. The predicted octanol–water partition coefficient (Wildman–Crippen LogP) is 4.31. The highest BCUT2D eigenvalue weighted by Gasteiger charge is 2.18. The first-order valence-corrected chi connectivity index (χ1v) is 13.4. The monoisotopic (exact) mass is 416 g/mol. The summed E-state index contributed by atoms with van der Waals surface area (Å²) in [7, 11) is -1.34. The molecule has 4 rings (SSSR count). The Kier molecular flexibility index (Phi) is 5.21. The summed E-state index contributed by atoms with van der Waals surface area (Å²) in [5.74, 6) is 0.945. The van der Waals surface area contributed by atoms with Gasteiger partial charge in [0.25, 0.3) is 5.89 Å². The molecule has 0 spiro atoms. The number of rotatable bonds is 6. The molecule has 0 bridgehead atoms. The second-order valence-electron chi connectivity index (χ2n) is 8.44. The molecule has 2 heterocycles. The van der Waals surface area contributed by atoms with Gasteiger partial charge < -0.3 is 4.52 Å². The second-order valence-corrected chi connectivity index (χ2v) is 13.5. The maximum absolute atomic E-state index is 11.0. The van der Waals surface area contributed by atoms with Crippen molar-refractivity contribution in [2.75, 3.05) is 0 Å². The Balaban J connectivity index is 1.56. The van der Waals surface area contributed by atoms with Gasteiger partial charge in [0.15, 0.2) is 5.69 Å². The van der Waals surface area contributed by atoms with Crippen molar-refractivity contribution in [1.82, 2.24) is 19.9 Å². The van der Waals surface area contributed by atoms with Crippen LogP contribution in [0.5, 0.6) is 0 Å². The number of aldehydes is 1. The first-order valence-electron chi connectivity index (χ1n) is 9.87. The first kappa shape index (κ1) is 20.0. The van der Waals surface area contributed by atoms with Gasteiger partial charge in [0.05, 0.1) is 14.6 Å². The van der Waals surface area contributed by atoms with E-state index in [2.05, 4.69) is 47.0 Å². The second kappa shape index (κ2) is 7.83. The summed E-state index contributed by atoms with van der Waals surface area (Å²) in [6, 6.07) is 17.8. The fraction of sp³-hybridized carbons (Fsp3) is 0.217. The average molecular weight is 417 g/mol. The number of carbonyl (C=O) groups excluding carboxylic acids is 1. The molecule has 0 fully saturated rings. The molecule has 4 aromatic rings. The van der Waals surface area contributed by atoms with Gasteiger partial charge in [-0.25, -0.2) is 0 Å². The van der Waals surface area contributed by atoms with Crippen LogP contribution in [0.15, 0.2) is 59.1 Å². The number of hydrogen-bond acceptors (Lipinski definition) is 5. The fourth-order valence-electron chi connectivity index (χ4n) is 3.28. The minimum absolute atomic E-state index is 0.391. The van der Waals surface area contributed by atoms with E-state index < -0.39 is 8.07 Å². The molecule has 0 atom stereocenters. The Labute approximate surface area is 176 Å². The molecule has 30 heavy (non-hydrogen) atoms. The Bertz CT molecular complexity index is 1190. The Hall–Kier alpha value is -3.32. The molecule has 0 aliphatic heterocycles. The third-order valence-corrected chi connectivity index (χ3v) is 7.12. The van der Waals surface area contributed by atoms with Crippen LogP contribution >= 0.6 is 0 Å². The number of aryl methyl sites for hydroxylation is 1. The standard InChI is InChI=1S/C23H24N4O2Si/c1-16-12-21(25-27(16)14-17-6-5-7-18(13-17)15-28)23-24-22(26-29-23)19-8-10-20(11-9-19)30(2,3)4/h5-13,15H,14H2,1-4H3. The lowest BCUT2D eigenvalue weighted by Gasteiger charge is -2.16. The van der Waals surface area contributed by atoms with Crippen molar-refractivity contribution in [2.24, 2.45) is 0 Å². The molecule has 0 saturated carbocycles. The van der Waals surface area contributed by atoms with Crippen LogP contribution in [0, 0.1) is 6.92 Å². The summed E-state index contributed by atoms with van der Waals surface area (Å²) in [4.78, 5) is 15.5. The minimum Gasteiger partial charge on any atom is -0.332 e. The van der Waals surface area contributed by atoms with Crippen LogP contribution < -0.4 is 5.19 Å². The van der Waals surface area contributed by atoms with E-state index >= 15 is 0 Å². The SMILES string of the molecule is Cc1cc(-c2nc(-c3ccc([Si](C)(C)C)cc3)no2)nn1Cc1cccc(C=O)c1. The molecule has 152 valence electrons. The molecule has 0 N–H and O–H groups in total. The molecule has 0 aliphatic rings. The topological polar surface area (TPSA) is 73.8 Å². The highest BCUT2D eigenvalue weighted by Crippen LogP contribution is 2.22. The predicted molar refractivity (Wildman–Crippen MR) is 120 cm³/mol. The van der Waals surface area contributed by atoms with Gasteiger partial charge in [-0.15, -0.1) is 0 Å². The van der Waals surface area contributed by atoms with Crippen molar-refractivity contribution < 1.29 is 9.32 Å². The summed E-state index contributed by atoms with van der Waals surface area (Å²) >= 11 is 0. The zero-order valence-electron chi connectivity index (χ0n) is 17.6. The molecular formula is C23H24N4O2Si. The van der Waals surface area contributed by atoms with Crippen molar-refractivity contribution in [3.8, 4) is 23.0 Å². The highest BCUT2D eigenvalue weighted by molar-refractivity contribution is 6.88. The Morgan fingerprint density at radius 2 is 1.83 bits per heavy atom. The van der Waals surface area contributed by atoms with Gasteiger partial charge in [0.1, 0.15) is 6.29 Å². The summed E-state index contributed by atoms with van der Waals surface area (Å²) in [6.07, 6.45) is 0.848. The molecule has 0 saturated heterocycles. The largest absolute Gasteiger partial charge is 0.332 e. The van der Waals surface area contributed by atoms with Crippen molar-refractivity contribution in [1.29, 1.82) is 0 Å². The summed E-state index contributed by atoms with van der Waals surface area (Å²) in [5.41, 5.74) is 4.19. The number of aromatic nitrogens is 4. The van der Waals surface area contributed by atoms with Gasteiger partial charge in [0, 0.05) is 16.8 Å². The van der Waals surface area contributed by atoms with Crippen molar-refractivity contribution in [3.05, 3.63) is 71.4 Å². The fourth-order valence-corrected chi connectivity index (χ4v) is 4.44. The van der Waals surface area contributed by atoms with E-state index in [0.717, 1.165) is 23.1 Å². The van der Waals surface area contributed by atoms with Gasteiger partial charge in [-0.05, 0) is 24.6 Å². The van der Waals surface area contributed by atoms with Crippen LogP contribution in [0.1, 0.15) is 21.6 Å². The maximum atomic E-state index is 11.0. The van der Waals surface area contributed by atoms with E-state index in [4.69, 9.17) is 4.52 Å². The number of nitrogens with zero attached hydrogens (tertiary/aromatic N) is 4. The van der Waals surface area contributed by atoms with Crippen LogP contribution in [0.25, 0.3) is 23.0 Å². The van der Waals surface area contributed by atoms with E-state index in [-0.39, 0.29) is 0 Å². The van der Waals surface area contributed by atoms with E-state index in [9.17, 15) is 4.79 Å². The van der Waals surface area contributed by atoms with Gasteiger partial charge in [-0.3, -0.25) is 9.48 Å². The Morgan fingerprint density at radius 3 is 2.53 bits per heavy atom. The van der Waals surface area contributed by atoms with Crippen LogP contribution in [-0.4, -0.2) is 34.3 Å². The molecule has 0 aliphatic carbocycles. The third-order valence-electron chi connectivity index (χ3n) is 5.05. The number of carbonyl (C=O) groups is 1. The van der Waals surface area contributed by atoms with Crippen LogP contribution in [-0.2, 0) is 6.54 Å². The molecule has 0 radical (unpaired) electrons. The van der Waals surface area contributed by atoms with Gasteiger partial charge in [0.2, 0.25) is 5.82 Å². The third kappa shape index (κ3) is 4.16. The molecule has 6 nitrogen and oxygen atoms in total. The quantitative estimate of drug-likeness (QED) is 0.346. The van der Waals surface area contributed by atoms with E-state index in [0.29, 0.717) is 29.5 Å². The smallest absolute Gasteiger partial charge is 0.278 e. The molecule has 0 amide bonds. The van der Waals surface area contributed by atoms with Crippen LogP contribution in [0.2, 0.25) is 19.6 Å². The molecular weight excluding hydrogens is 392 g/mol. The summed E-state index contributed by atoms with van der Waals surface area (Å²) < 4.78 is 7.35. The van der Waals surface area contributed by atoms with Gasteiger partial charge in [-0.1, -0.05) is 72.4 Å². The first-order chi connectivity index (χ1) is 14.3. The molecule has 2 aromatic heterocycles. The summed E-state index contributed by atoms with van der Waals surface area (Å²) in [5, 5.41) is 10.2. The van der Waals surface area contributed by atoms with Crippen molar-refractivity contribution >= 4 is 19.5 Å². The van der Waals surface area contributed by atoms with Crippen LogP contribution in [0.4, 0.5) is 0 Å². The summed E-state index contributed by atoms with van der Waals surface area (Å²) in [6.45, 7) is 9.51. The van der Waals surface area contributed by atoms with E-state index in [1.54, 1.807) is 6.07 Å². The lowest BCUT2D eigenvalue weighted by molar-refractivity contribution is 0.112.